The lowest BCUT2D eigenvalue weighted by Gasteiger charge is -2.49. The number of nitrogens with zero attached hydrogens (tertiary/aromatic N) is 5. The average molecular weight is 422 g/mol. The predicted octanol–water partition coefficient (Wildman–Crippen LogP) is 3.60. The van der Waals surface area contributed by atoms with E-state index < -0.39 is 0 Å². The average Bonchev–Trinajstić information content (AvgIpc) is 3.22. The van der Waals surface area contributed by atoms with Crippen LogP contribution in [0.4, 0.5) is 0 Å². The summed E-state index contributed by atoms with van der Waals surface area (Å²) in [5.41, 5.74) is 3.47. The number of carbonyl (C=O) groups excluding carboxylic acids is 1. The Balaban J connectivity index is 1.40. The predicted molar refractivity (Wildman–Crippen MR) is 124 cm³/mol. The van der Waals surface area contributed by atoms with Crippen LogP contribution in [0.3, 0.4) is 0 Å². The summed E-state index contributed by atoms with van der Waals surface area (Å²) in [7, 11) is 1.88. The number of aromatic nitrogens is 3. The molecule has 0 radical (unpaired) electrons. The molecule has 0 N–H and O–H groups in total. The zero-order valence-electron chi connectivity index (χ0n) is 19.3. The Labute approximate surface area is 185 Å². The number of hydrogen-bond acceptors (Lipinski definition) is 4. The second-order valence-corrected chi connectivity index (χ2v) is 10.2. The minimum atomic E-state index is 0.114. The molecule has 1 amide bonds. The lowest BCUT2D eigenvalue weighted by Crippen LogP contribution is -2.58. The van der Waals surface area contributed by atoms with Crippen LogP contribution in [0.25, 0.3) is 11.3 Å². The van der Waals surface area contributed by atoms with Crippen molar-refractivity contribution in [2.75, 3.05) is 26.7 Å². The van der Waals surface area contributed by atoms with Crippen LogP contribution in [-0.4, -0.2) is 63.4 Å². The first-order valence-electron chi connectivity index (χ1n) is 11.4. The first-order valence-corrected chi connectivity index (χ1v) is 11.4. The van der Waals surface area contributed by atoms with Gasteiger partial charge in [-0.25, -0.2) is 0 Å². The molecule has 3 fully saturated rings. The Morgan fingerprint density at radius 2 is 2.03 bits per heavy atom. The van der Waals surface area contributed by atoms with Crippen LogP contribution in [0.1, 0.15) is 39.2 Å². The van der Waals surface area contributed by atoms with Crippen molar-refractivity contribution >= 4 is 5.91 Å². The number of carbonyl (C=O) groups is 1. The van der Waals surface area contributed by atoms with Crippen molar-refractivity contribution in [3.05, 3.63) is 48.7 Å². The van der Waals surface area contributed by atoms with Crippen molar-refractivity contribution in [2.45, 2.75) is 51.6 Å². The molecule has 6 nitrogen and oxygen atoms in total. The van der Waals surface area contributed by atoms with E-state index in [1.54, 1.807) is 6.08 Å². The van der Waals surface area contributed by atoms with E-state index in [2.05, 4.69) is 73.0 Å². The summed E-state index contributed by atoms with van der Waals surface area (Å²) in [4.78, 5) is 17.1. The maximum Gasteiger partial charge on any atom is 0.227 e. The van der Waals surface area contributed by atoms with Crippen LogP contribution in [0.15, 0.2) is 43.1 Å². The van der Waals surface area contributed by atoms with Crippen molar-refractivity contribution in [1.82, 2.24) is 24.8 Å². The standard InChI is InChI=1S/C25H35N5O/c1-6-12-28(5)24(31)22-16-29-13-11-19(22)14-21(29)15-30-17-23(26-27-30)18-7-9-20(10-8-18)25(2,3)4/h6-10,17,19,21-22H,1,11-16H2,2-5H3/t19?,21-,22+/m1/s1. The monoisotopic (exact) mass is 421 g/mol. The molecule has 3 saturated heterocycles. The number of rotatable bonds is 6. The summed E-state index contributed by atoms with van der Waals surface area (Å²) < 4.78 is 1.97. The molecule has 1 aromatic carbocycles. The van der Waals surface area contributed by atoms with E-state index in [0.29, 0.717) is 18.5 Å². The number of fused-ring (bicyclic) bond motifs is 3. The fraction of sp³-hybridized carbons (Fsp3) is 0.560. The molecule has 6 heteroatoms. The van der Waals surface area contributed by atoms with E-state index >= 15 is 0 Å². The molecule has 2 aromatic rings. The summed E-state index contributed by atoms with van der Waals surface area (Å²) in [6, 6.07) is 9.06. The zero-order valence-corrected chi connectivity index (χ0v) is 19.3. The normalized spacial score (nSPS) is 25.4. The summed E-state index contributed by atoms with van der Waals surface area (Å²) in [6.45, 7) is 13.8. The molecule has 2 unspecified atom stereocenters. The SMILES string of the molecule is C=CCN(C)C(=O)[C@H]1CN2CCC1C[C@@H]2Cn1cc(-c2ccc(C(C)(C)C)cc2)nn1. The first kappa shape index (κ1) is 21.8. The van der Waals surface area contributed by atoms with Gasteiger partial charge in [-0.05, 0) is 36.3 Å². The highest BCUT2D eigenvalue weighted by Gasteiger charge is 2.44. The second kappa shape index (κ2) is 8.58. The second-order valence-electron chi connectivity index (χ2n) is 10.2. The van der Waals surface area contributed by atoms with Gasteiger partial charge in [0.2, 0.25) is 5.91 Å². The van der Waals surface area contributed by atoms with Crippen LogP contribution in [0, 0.1) is 11.8 Å². The quantitative estimate of drug-likeness (QED) is 0.669. The molecule has 166 valence electrons. The number of benzene rings is 1. The molecule has 2 bridgehead atoms. The van der Waals surface area contributed by atoms with Crippen LogP contribution in [0.5, 0.6) is 0 Å². The lowest BCUT2D eigenvalue weighted by molar-refractivity contribution is -0.142. The minimum absolute atomic E-state index is 0.114. The highest BCUT2D eigenvalue weighted by Crippen LogP contribution is 2.37. The van der Waals surface area contributed by atoms with E-state index in [4.69, 9.17) is 0 Å². The van der Waals surface area contributed by atoms with Gasteiger partial charge in [0.05, 0.1) is 18.7 Å². The molecular formula is C25H35N5O. The van der Waals surface area contributed by atoms with Gasteiger partial charge in [-0.15, -0.1) is 11.7 Å². The van der Waals surface area contributed by atoms with Crippen molar-refractivity contribution in [3.63, 3.8) is 0 Å². The van der Waals surface area contributed by atoms with Gasteiger partial charge in [0.15, 0.2) is 0 Å². The van der Waals surface area contributed by atoms with E-state index in [9.17, 15) is 4.79 Å². The topological polar surface area (TPSA) is 54.3 Å². The summed E-state index contributed by atoms with van der Waals surface area (Å²) in [5, 5.41) is 8.82. The molecule has 3 aliphatic heterocycles. The summed E-state index contributed by atoms with van der Waals surface area (Å²) >= 11 is 0. The van der Waals surface area contributed by atoms with Gasteiger partial charge < -0.3 is 4.90 Å². The smallest absolute Gasteiger partial charge is 0.227 e. The zero-order chi connectivity index (χ0) is 22.2. The molecule has 0 saturated carbocycles. The Bertz CT molecular complexity index is 926. The van der Waals surface area contributed by atoms with E-state index in [1.165, 1.54) is 5.56 Å². The molecular weight excluding hydrogens is 386 g/mol. The van der Waals surface area contributed by atoms with Gasteiger partial charge in [-0.3, -0.25) is 14.4 Å². The van der Waals surface area contributed by atoms with Gasteiger partial charge in [-0.1, -0.05) is 56.3 Å². The fourth-order valence-electron chi connectivity index (χ4n) is 5.05. The van der Waals surface area contributed by atoms with E-state index in [0.717, 1.165) is 43.7 Å². The third-order valence-electron chi connectivity index (χ3n) is 6.96. The van der Waals surface area contributed by atoms with Gasteiger partial charge in [0, 0.05) is 31.7 Å². The van der Waals surface area contributed by atoms with Crippen LogP contribution < -0.4 is 0 Å². The Kier molecular flexibility index (Phi) is 6.02. The van der Waals surface area contributed by atoms with Gasteiger partial charge in [-0.2, -0.15) is 0 Å². The Hall–Kier alpha value is -2.47. The highest BCUT2D eigenvalue weighted by molar-refractivity contribution is 5.79. The molecule has 3 aliphatic rings. The van der Waals surface area contributed by atoms with Crippen molar-refractivity contribution < 1.29 is 4.79 Å². The molecule has 5 rings (SSSR count). The number of hydrogen-bond donors (Lipinski definition) is 0. The number of likely N-dealkylation sites (N-methyl/N-ethyl adjacent to an activating group) is 1. The van der Waals surface area contributed by atoms with E-state index in [1.807, 2.05) is 16.6 Å². The van der Waals surface area contributed by atoms with Crippen molar-refractivity contribution in [3.8, 4) is 11.3 Å². The largest absolute Gasteiger partial charge is 0.342 e. The molecule has 4 atom stereocenters. The van der Waals surface area contributed by atoms with Gasteiger partial charge in [0.25, 0.3) is 0 Å². The molecule has 31 heavy (non-hydrogen) atoms. The first-order chi connectivity index (χ1) is 14.8. The Morgan fingerprint density at radius 1 is 1.29 bits per heavy atom. The lowest BCUT2D eigenvalue weighted by atomic mass is 9.75. The summed E-state index contributed by atoms with van der Waals surface area (Å²) in [5.74, 6) is 0.833. The molecule has 4 heterocycles. The fourth-order valence-corrected chi connectivity index (χ4v) is 5.05. The third kappa shape index (κ3) is 4.59. The molecule has 0 spiro atoms. The molecule has 0 aliphatic carbocycles. The van der Waals surface area contributed by atoms with Crippen LogP contribution in [-0.2, 0) is 16.8 Å². The third-order valence-corrected chi connectivity index (χ3v) is 6.96. The van der Waals surface area contributed by atoms with Crippen molar-refractivity contribution in [1.29, 1.82) is 0 Å². The van der Waals surface area contributed by atoms with Crippen molar-refractivity contribution in [2.24, 2.45) is 11.8 Å². The minimum Gasteiger partial charge on any atom is -0.342 e. The van der Waals surface area contributed by atoms with Crippen LogP contribution in [0.2, 0.25) is 0 Å². The number of amides is 1. The highest BCUT2D eigenvalue weighted by atomic mass is 16.2. The Morgan fingerprint density at radius 3 is 2.65 bits per heavy atom. The maximum atomic E-state index is 12.8. The van der Waals surface area contributed by atoms with Gasteiger partial charge >= 0.3 is 0 Å². The van der Waals surface area contributed by atoms with Crippen LogP contribution >= 0.6 is 0 Å². The number of piperidine rings is 3. The molecule has 1 aromatic heterocycles. The maximum absolute atomic E-state index is 12.8. The van der Waals surface area contributed by atoms with Gasteiger partial charge in [0.1, 0.15) is 5.69 Å². The summed E-state index contributed by atoms with van der Waals surface area (Å²) in [6.07, 6.45) is 6.00. The van der Waals surface area contributed by atoms with E-state index in [-0.39, 0.29) is 17.2 Å².